The molecule has 3 unspecified atom stereocenters. The number of hydrogen-bond donors (Lipinski definition) is 2. The second-order valence-electron chi connectivity index (χ2n) is 4.43. The minimum absolute atomic E-state index is 0.00397. The fourth-order valence-electron chi connectivity index (χ4n) is 1.54. The molecule has 0 spiro atoms. The third kappa shape index (κ3) is 3.57. The average molecular weight is 246 g/mol. The predicted molar refractivity (Wildman–Crippen MR) is 68.7 cm³/mol. The van der Waals surface area contributed by atoms with Crippen molar-refractivity contribution in [2.45, 2.75) is 25.8 Å². The topological polar surface area (TPSA) is 73.1 Å². The Balaban J connectivity index is 2.73. The Bertz CT molecular complexity index is 425. The molecule has 0 bridgehead atoms. The summed E-state index contributed by atoms with van der Waals surface area (Å²) in [5.41, 5.74) is 0.682. The quantitative estimate of drug-likeness (QED) is 0.825. The number of hydrogen-bond acceptors (Lipinski definition) is 3. The van der Waals surface area contributed by atoms with Crippen molar-refractivity contribution in [1.29, 1.82) is 5.26 Å². The second-order valence-corrected chi connectivity index (χ2v) is 4.43. The van der Waals surface area contributed by atoms with Gasteiger partial charge in [0.1, 0.15) is 5.92 Å². The summed E-state index contributed by atoms with van der Waals surface area (Å²) >= 11 is 0. The molecule has 0 aromatic heterocycles. The van der Waals surface area contributed by atoms with E-state index < -0.39 is 5.92 Å². The summed E-state index contributed by atoms with van der Waals surface area (Å²) in [6, 6.07) is 10.8. The van der Waals surface area contributed by atoms with Crippen LogP contribution in [0.1, 0.15) is 25.3 Å². The van der Waals surface area contributed by atoms with Crippen LogP contribution in [0.5, 0.6) is 0 Å². The molecule has 0 aliphatic carbocycles. The van der Waals surface area contributed by atoms with Crippen molar-refractivity contribution in [1.82, 2.24) is 5.32 Å². The zero-order valence-electron chi connectivity index (χ0n) is 10.6. The first-order valence-electron chi connectivity index (χ1n) is 5.96. The molecule has 18 heavy (non-hydrogen) atoms. The molecule has 96 valence electrons. The van der Waals surface area contributed by atoms with Crippen LogP contribution in [0.3, 0.4) is 0 Å². The number of benzene rings is 1. The van der Waals surface area contributed by atoms with Crippen molar-refractivity contribution in [3.05, 3.63) is 35.9 Å². The van der Waals surface area contributed by atoms with Crippen LogP contribution >= 0.6 is 0 Å². The number of rotatable bonds is 5. The highest BCUT2D eigenvalue weighted by atomic mass is 16.3. The van der Waals surface area contributed by atoms with Crippen LogP contribution in [0.4, 0.5) is 0 Å². The Morgan fingerprint density at radius 2 is 2.00 bits per heavy atom. The molecule has 3 atom stereocenters. The van der Waals surface area contributed by atoms with Crippen LogP contribution in [0.2, 0.25) is 0 Å². The monoisotopic (exact) mass is 246 g/mol. The molecule has 2 N–H and O–H groups in total. The Hall–Kier alpha value is -1.86. The largest absolute Gasteiger partial charge is 0.396 e. The molecule has 0 aliphatic heterocycles. The van der Waals surface area contributed by atoms with Gasteiger partial charge in [-0.05, 0) is 18.4 Å². The standard InChI is InChI=1S/C14H18N2O2/c1-10(9-17)11(2)16-14(18)13(8-15)12-6-4-3-5-7-12/h3-7,10-11,13,17H,9H2,1-2H3,(H,16,18). The molecular formula is C14H18N2O2. The van der Waals surface area contributed by atoms with Crippen molar-refractivity contribution in [2.75, 3.05) is 6.61 Å². The summed E-state index contributed by atoms with van der Waals surface area (Å²) in [6.45, 7) is 3.66. The molecule has 0 aliphatic rings. The number of amides is 1. The van der Waals surface area contributed by atoms with Gasteiger partial charge in [-0.3, -0.25) is 4.79 Å². The maximum Gasteiger partial charge on any atom is 0.242 e. The first kappa shape index (κ1) is 14.2. The van der Waals surface area contributed by atoms with E-state index in [4.69, 9.17) is 10.4 Å². The van der Waals surface area contributed by atoms with E-state index in [1.165, 1.54) is 0 Å². The molecule has 1 rings (SSSR count). The lowest BCUT2D eigenvalue weighted by Gasteiger charge is -2.20. The predicted octanol–water partition coefficient (Wildman–Crippen LogP) is 1.43. The molecule has 0 saturated heterocycles. The van der Waals surface area contributed by atoms with E-state index >= 15 is 0 Å². The number of nitrogens with one attached hydrogen (secondary N) is 1. The normalized spacial score (nSPS) is 15.2. The van der Waals surface area contributed by atoms with Gasteiger partial charge in [-0.1, -0.05) is 37.3 Å². The van der Waals surface area contributed by atoms with Gasteiger partial charge >= 0.3 is 0 Å². The van der Waals surface area contributed by atoms with E-state index in [9.17, 15) is 4.79 Å². The van der Waals surface area contributed by atoms with E-state index in [2.05, 4.69) is 5.32 Å². The van der Waals surface area contributed by atoms with E-state index in [1.807, 2.05) is 26.0 Å². The SMILES string of the molecule is CC(CO)C(C)NC(=O)C(C#N)c1ccccc1. The first-order chi connectivity index (χ1) is 8.60. The van der Waals surface area contributed by atoms with Crippen molar-refractivity contribution in [3.63, 3.8) is 0 Å². The fourth-order valence-corrected chi connectivity index (χ4v) is 1.54. The maximum atomic E-state index is 12.0. The van der Waals surface area contributed by atoms with Gasteiger partial charge in [0.05, 0.1) is 6.07 Å². The van der Waals surface area contributed by atoms with Crippen LogP contribution in [-0.4, -0.2) is 23.7 Å². The van der Waals surface area contributed by atoms with E-state index in [-0.39, 0.29) is 24.5 Å². The summed E-state index contributed by atoms with van der Waals surface area (Å²) in [6.07, 6.45) is 0. The highest BCUT2D eigenvalue weighted by Crippen LogP contribution is 2.15. The van der Waals surface area contributed by atoms with Crippen molar-refractivity contribution in [3.8, 4) is 6.07 Å². The minimum atomic E-state index is -0.806. The molecule has 1 amide bonds. The number of aliphatic hydroxyl groups excluding tert-OH is 1. The third-order valence-corrected chi connectivity index (χ3v) is 3.04. The van der Waals surface area contributed by atoms with Gasteiger partial charge in [-0.2, -0.15) is 5.26 Å². The van der Waals surface area contributed by atoms with Gasteiger partial charge in [0.15, 0.2) is 0 Å². The van der Waals surface area contributed by atoms with Gasteiger partial charge in [-0.15, -0.1) is 0 Å². The number of nitrogens with zero attached hydrogens (tertiary/aromatic N) is 1. The highest BCUT2D eigenvalue weighted by Gasteiger charge is 2.22. The maximum absolute atomic E-state index is 12.0. The number of carbonyl (C=O) groups is 1. The molecule has 0 saturated carbocycles. The lowest BCUT2D eigenvalue weighted by molar-refractivity contribution is -0.122. The molecule has 4 heteroatoms. The van der Waals surface area contributed by atoms with Gasteiger partial charge in [0.25, 0.3) is 0 Å². The zero-order chi connectivity index (χ0) is 13.5. The summed E-state index contributed by atoms with van der Waals surface area (Å²) in [5.74, 6) is -1.17. The van der Waals surface area contributed by atoms with E-state index in [0.29, 0.717) is 5.56 Å². The molecule has 0 radical (unpaired) electrons. The average Bonchev–Trinajstić information content (AvgIpc) is 2.39. The third-order valence-electron chi connectivity index (χ3n) is 3.04. The van der Waals surface area contributed by atoms with Crippen molar-refractivity contribution in [2.24, 2.45) is 5.92 Å². The van der Waals surface area contributed by atoms with Crippen molar-refractivity contribution < 1.29 is 9.90 Å². The number of nitriles is 1. The molecule has 1 aromatic carbocycles. The van der Waals surface area contributed by atoms with Gasteiger partial charge in [-0.25, -0.2) is 0 Å². The van der Waals surface area contributed by atoms with Crippen molar-refractivity contribution >= 4 is 5.91 Å². The molecular weight excluding hydrogens is 228 g/mol. The van der Waals surface area contributed by atoms with Gasteiger partial charge < -0.3 is 10.4 Å². The Morgan fingerprint density at radius 1 is 1.39 bits per heavy atom. The van der Waals surface area contributed by atoms with E-state index in [0.717, 1.165) is 0 Å². The molecule has 0 heterocycles. The zero-order valence-corrected chi connectivity index (χ0v) is 10.6. The fraction of sp³-hybridized carbons (Fsp3) is 0.429. The summed E-state index contributed by atoms with van der Waals surface area (Å²) in [4.78, 5) is 12.0. The number of aliphatic hydroxyl groups is 1. The molecule has 0 fully saturated rings. The van der Waals surface area contributed by atoms with Gasteiger partial charge in [0.2, 0.25) is 5.91 Å². The van der Waals surface area contributed by atoms with Crippen LogP contribution < -0.4 is 5.32 Å². The summed E-state index contributed by atoms with van der Waals surface area (Å²) in [5, 5.41) is 20.9. The highest BCUT2D eigenvalue weighted by molar-refractivity contribution is 5.86. The second kappa shape index (κ2) is 6.77. The lowest BCUT2D eigenvalue weighted by atomic mass is 9.98. The van der Waals surface area contributed by atoms with Gasteiger partial charge in [0, 0.05) is 12.6 Å². The Labute approximate surface area is 107 Å². The van der Waals surface area contributed by atoms with Crippen LogP contribution in [0.15, 0.2) is 30.3 Å². The smallest absolute Gasteiger partial charge is 0.242 e. The van der Waals surface area contributed by atoms with Crippen LogP contribution in [0, 0.1) is 17.2 Å². The lowest BCUT2D eigenvalue weighted by Crippen LogP contribution is -2.40. The minimum Gasteiger partial charge on any atom is -0.396 e. The first-order valence-corrected chi connectivity index (χ1v) is 5.96. The Kier molecular flexibility index (Phi) is 5.34. The molecule has 4 nitrogen and oxygen atoms in total. The summed E-state index contributed by atoms with van der Waals surface area (Å²) in [7, 11) is 0. The Morgan fingerprint density at radius 3 is 2.50 bits per heavy atom. The number of carbonyl (C=O) groups excluding carboxylic acids is 1. The van der Waals surface area contributed by atoms with E-state index in [1.54, 1.807) is 24.3 Å². The summed E-state index contributed by atoms with van der Waals surface area (Å²) < 4.78 is 0. The van der Waals surface area contributed by atoms with Crippen LogP contribution in [-0.2, 0) is 4.79 Å². The van der Waals surface area contributed by atoms with Crippen LogP contribution in [0.25, 0.3) is 0 Å². The molecule has 1 aromatic rings.